The molecule has 0 aliphatic rings. The second kappa shape index (κ2) is 6.31. The summed E-state index contributed by atoms with van der Waals surface area (Å²) in [5.74, 6) is 1.88. The molecule has 2 rings (SSSR count). The first-order valence-corrected chi connectivity index (χ1v) is 7.34. The summed E-state index contributed by atoms with van der Waals surface area (Å²) in [5.41, 5.74) is 3.64. The molecule has 2 aromatic carbocycles. The van der Waals surface area contributed by atoms with Gasteiger partial charge in [-0.25, -0.2) is 0 Å². The van der Waals surface area contributed by atoms with Crippen LogP contribution in [0.25, 0.3) is 0 Å². The van der Waals surface area contributed by atoms with Crippen LogP contribution in [0.1, 0.15) is 46.8 Å². The zero-order valence-electron chi connectivity index (χ0n) is 12.7. The van der Waals surface area contributed by atoms with Gasteiger partial charge in [0.2, 0.25) is 0 Å². The Bertz CT molecular complexity index is 675. The van der Waals surface area contributed by atoms with Gasteiger partial charge in [-0.05, 0) is 66.8 Å². The van der Waals surface area contributed by atoms with Crippen molar-refractivity contribution >= 4 is 17.9 Å². The maximum Gasteiger partial charge on any atom is 0.150 e. The molecule has 0 saturated carbocycles. The molecule has 0 atom stereocenters. The van der Waals surface area contributed by atoms with E-state index in [0.717, 1.165) is 39.5 Å². The number of carbonyl (C=O) groups excluding carboxylic acids is 1. The minimum absolute atomic E-state index is 0.332. The average Bonchev–Trinajstić information content (AvgIpc) is 2.43. The van der Waals surface area contributed by atoms with Crippen molar-refractivity contribution < 1.29 is 9.53 Å². The normalized spacial score (nSPS) is 10.8. The van der Waals surface area contributed by atoms with Gasteiger partial charge in [-0.3, -0.25) is 4.79 Å². The summed E-state index contributed by atoms with van der Waals surface area (Å²) < 4.78 is 6.01. The molecule has 0 aromatic heterocycles. The minimum atomic E-state index is 0.332. The van der Waals surface area contributed by atoms with Crippen LogP contribution >= 0.6 is 11.6 Å². The number of aryl methyl sites for hydroxylation is 2. The standard InChI is InChI=1S/C18H19ClO2/c1-11(2)15-9-18(13(4)8-16(15)19)21-17-6-5-14(10-20)7-12(17)3/h5-11H,1-4H3. The number of rotatable bonds is 4. The fourth-order valence-corrected chi connectivity index (χ4v) is 2.64. The molecule has 0 fully saturated rings. The van der Waals surface area contributed by atoms with E-state index >= 15 is 0 Å². The van der Waals surface area contributed by atoms with Crippen molar-refractivity contribution in [2.24, 2.45) is 0 Å². The lowest BCUT2D eigenvalue weighted by Gasteiger charge is -2.15. The third-order valence-electron chi connectivity index (χ3n) is 3.47. The topological polar surface area (TPSA) is 26.3 Å². The van der Waals surface area contributed by atoms with Gasteiger partial charge in [-0.1, -0.05) is 25.4 Å². The summed E-state index contributed by atoms with van der Waals surface area (Å²) in [6.45, 7) is 8.10. The van der Waals surface area contributed by atoms with Crippen LogP contribution in [0.2, 0.25) is 5.02 Å². The van der Waals surface area contributed by atoms with Gasteiger partial charge in [0.15, 0.2) is 0 Å². The van der Waals surface area contributed by atoms with E-state index in [4.69, 9.17) is 16.3 Å². The molecular weight excluding hydrogens is 284 g/mol. The van der Waals surface area contributed by atoms with E-state index in [2.05, 4.69) is 13.8 Å². The molecule has 0 N–H and O–H groups in total. The minimum Gasteiger partial charge on any atom is -0.457 e. The van der Waals surface area contributed by atoms with Crippen molar-refractivity contribution in [2.75, 3.05) is 0 Å². The SMILES string of the molecule is Cc1cc(C=O)ccc1Oc1cc(C(C)C)c(Cl)cc1C. The molecule has 0 unspecified atom stereocenters. The highest BCUT2D eigenvalue weighted by Crippen LogP contribution is 2.34. The fourth-order valence-electron chi connectivity index (χ4n) is 2.20. The van der Waals surface area contributed by atoms with E-state index in [-0.39, 0.29) is 0 Å². The summed E-state index contributed by atoms with van der Waals surface area (Å²) in [4.78, 5) is 10.8. The number of benzene rings is 2. The van der Waals surface area contributed by atoms with Gasteiger partial charge in [0.25, 0.3) is 0 Å². The lowest BCUT2D eigenvalue weighted by molar-refractivity contribution is 0.112. The van der Waals surface area contributed by atoms with Crippen molar-refractivity contribution in [3.05, 3.63) is 57.6 Å². The summed E-state index contributed by atoms with van der Waals surface area (Å²) in [5, 5.41) is 0.767. The van der Waals surface area contributed by atoms with E-state index in [0.29, 0.717) is 11.5 Å². The number of halogens is 1. The Morgan fingerprint density at radius 3 is 2.29 bits per heavy atom. The Hall–Kier alpha value is -1.80. The molecule has 3 heteroatoms. The van der Waals surface area contributed by atoms with Crippen LogP contribution in [0, 0.1) is 13.8 Å². The Labute approximate surface area is 130 Å². The highest BCUT2D eigenvalue weighted by molar-refractivity contribution is 6.31. The first-order chi connectivity index (χ1) is 9.92. The third-order valence-corrected chi connectivity index (χ3v) is 3.80. The van der Waals surface area contributed by atoms with E-state index in [1.54, 1.807) is 6.07 Å². The number of hydrogen-bond donors (Lipinski definition) is 0. The van der Waals surface area contributed by atoms with Crippen molar-refractivity contribution in [1.29, 1.82) is 0 Å². The Morgan fingerprint density at radius 1 is 1.05 bits per heavy atom. The fraction of sp³-hybridized carbons (Fsp3) is 0.278. The predicted octanol–water partition coefficient (Wildman–Crippen LogP) is 5.69. The molecule has 110 valence electrons. The van der Waals surface area contributed by atoms with Crippen molar-refractivity contribution in [2.45, 2.75) is 33.6 Å². The van der Waals surface area contributed by atoms with E-state index < -0.39 is 0 Å². The molecule has 0 saturated heterocycles. The molecule has 2 aromatic rings. The third kappa shape index (κ3) is 3.45. The molecule has 2 nitrogen and oxygen atoms in total. The van der Waals surface area contributed by atoms with Crippen LogP contribution in [-0.4, -0.2) is 6.29 Å². The monoisotopic (exact) mass is 302 g/mol. The number of hydrogen-bond acceptors (Lipinski definition) is 2. The van der Waals surface area contributed by atoms with Gasteiger partial charge in [0.05, 0.1) is 0 Å². The largest absolute Gasteiger partial charge is 0.457 e. The van der Waals surface area contributed by atoms with Crippen LogP contribution in [0.5, 0.6) is 11.5 Å². The quantitative estimate of drug-likeness (QED) is 0.679. The Balaban J connectivity index is 2.39. The highest BCUT2D eigenvalue weighted by Gasteiger charge is 2.11. The summed E-state index contributed by atoms with van der Waals surface area (Å²) in [6.07, 6.45) is 0.835. The highest BCUT2D eigenvalue weighted by atomic mass is 35.5. The van der Waals surface area contributed by atoms with Crippen LogP contribution in [0.3, 0.4) is 0 Å². The Morgan fingerprint density at radius 2 is 1.71 bits per heavy atom. The smallest absolute Gasteiger partial charge is 0.150 e. The molecule has 0 aliphatic heterocycles. The first-order valence-electron chi connectivity index (χ1n) is 6.96. The Kier molecular flexibility index (Phi) is 4.69. The van der Waals surface area contributed by atoms with Crippen LogP contribution < -0.4 is 4.74 Å². The second-order valence-electron chi connectivity index (χ2n) is 5.54. The maximum absolute atomic E-state index is 10.8. The lowest BCUT2D eigenvalue weighted by atomic mass is 10.0. The predicted molar refractivity (Wildman–Crippen MR) is 86.9 cm³/mol. The molecule has 0 spiro atoms. The molecule has 0 bridgehead atoms. The zero-order chi connectivity index (χ0) is 15.6. The lowest BCUT2D eigenvalue weighted by Crippen LogP contribution is -1.95. The molecule has 0 amide bonds. The summed E-state index contributed by atoms with van der Waals surface area (Å²) in [7, 11) is 0. The van der Waals surface area contributed by atoms with E-state index in [9.17, 15) is 4.79 Å². The zero-order valence-corrected chi connectivity index (χ0v) is 13.5. The van der Waals surface area contributed by atoms with Gasteiger partial charge in [0, 0.05) is 10.6 Å². The number of carbonyl (C=O) groups is 1. The van der Waals surface area contributed by atoms with Gasteiger partial charge in [-0.2, -0.15) is 0 Å². The summed E-state index contributed by atoms with van der Waals surface area (Å²) in [6, 6.07) is 9.32. The van der Waals surface area contributed by atoms with Crippen LogP contribution in [0.15, 0.2) is 30.3 Å². The second-order valence-corrected chi connectivity index (χ2v) is 5.95. The van der Waals surface area contributed by atoms with E-state index in [1.807, 2.05) is 38.1 Å². The summed E-state index contributed by atoms with van der Waals surface area (Å²) >= 11 is 6.28. The van der Waals surface area contributed by atoms with Crippen LogP contribution in [-0.2, 0) is 0 Å². The van der Waals surface area contributed by atoms with Crippen LogP contribution in [0.4, 0.5) is 0 Å². The van der Waals surface area contributed by atoms with Gasteiger partial charge in [-0.15, -0.1) is 0 Å². The van der Waals surface area contributed by atoms with Crippen molar-refractivity contribution in [1.82, 2.24) is 0 Å². The molecule has 0 radical (unpaired) electrons. The van der Waals surface area contributed by atoms with Gasteiger partial charge < -0.3 is 4.74 Å². The molecular formula is C18H19ClO2. The van der Waals surface area contributed by atoms with Crippen molar-refractivity contribution in [3.63, 3.8) is 0 Å². The molecule has 21 heavy (non-hydrogen) atoms. The van der Waals surface area contributed by atoms with Gasteiger partial charge >= 0.3 is 0 Å². The van der Waals surface area contributed by atoms with Crippen molar-refractivity contribution in [3.8, 4) is 11.5 Å². The molecule has 0 aliphatic carbocycles. The molecule has 0 heterocycles. The van der Waals surface area contributed by atoms with E-state index in [1.165, 1.54) is 0 Å². The average molecular weight is 303 g/mol. The first kappa shape index (κ1) is 15.6. The maximum atomic E-state index is 10.8. The number of aldehydes is 1. The van der Waals surface area contributed by atoms with Gasteiger partial charge in [0.1, 0.15) is 17.8 Å². The number of ether oxygens (including phenoxy) is 1.